The van der Waals surface area contributed by atoms with Crippen LogP contribution in [0.1, 0.15) is 38.2 Å². The molecular formula is C19H22BrNO2. The highest BCUT2D eigenvalue weighted by atomic mass is 79.9. The Bertz CT molecular complexity index is 641. The van der Waals surface area contributed by atoms with E-state index in [1.54, 1.807) is 0 Å². The van der Waals surface area contributed by atoms with Gasteiger partial charge in [-0.3, -0.25) is 4.79 Å². The van der Waals surface area contributed by atoms with Crippen LogP contribution in [0.15, 0.2) is 53.0 Å². The van der Waals surface area contributed by atoms with E-state index >= 15 is 0 Å². The lowest BCUT2D eigenvalue weighted by Gasteiger charge is -2.11. The lowest BCUT2D eigenvalue weighted by atomic mass is 10.0. The van der Waals surface area contributed by atoms with Crippen LogP contribution >= 0.6 is 15.9 Å². The number of halogens is 1. The van der Waals surface area contributed by atoms with E-state index in [4.69, 9.17) is 4.74 Å². The standard InChI is InChI=1S/C19H22BrNO2/c1-14(2)15-10-11-18(17(20)13-15)23-12-6-9-19(22)21-16-7-4-3-5-8-16/h3-5,7-8,10-11,13-14H,6,9,12H2,1-2H3,(H,21,22). The number of amides is 1. The summed E-state index contributed by atoms with van der Waals surface area (Å²) in [5.74, 6) is 1.31. The van der Waals surface area contributed by atoms with Gasteiger partial charge in [-0.25, -0.2) is 0 Å². The van der Waals surface area contributed by atoms with E-state index in [0.29, 0.717) is 25.4 Å². The molecule has 0 heterocycles. The quantitative estimate of drug-likeness (QED) is 0.660. The highest BCUT2D eigenvalue weighted by Gasteiger charge is 2.06. The molecule has 0 aliphatic carbocycles. The lowest BCUT2D eigenvalue weighted by Crippen LogP contribution is -2.12. The van der Waals surface area contributed by atoms with E-state index in [1.165, 1.54) is 5.56 Å². The molecule has 2 rings (SSSR count). The number of rotatable bonds is 7. The number of nitrogens with one attached hydrogen (secondary N) is 1. The Labute approximate surface area is 146 Å². The Morgan fingerprint density at radius 1 is 1.17 bits per heavy atom. The average Bonchev–Trinajstić information content (AvgIpc) is 2.53. The van der Waals surface area contributed by atoms with Gasteiger partial charge >= 0.3 is 0 Å². The molecule has 2 aromatic carbocycles. The van der Waals surface area contributed by atoms with Gasteiger partial charge in [-0.2, -0.15) is 0 Å². The van der Waals surface area contributed by atoms with Crippen molar-refractivity contribution >= 4 is 27.5 Å². The Morgan fingerprint density at radius 2 is 1.91 bits per heavy atom. The molecule has 0 spiro atoms. The van der Waals surface area contributed by atoms with Gasteiger partial charge in [0.15, 0.2) is 0 Å². The summed E-state index contributed by atoms with van der Waals surface area (Å²) in [6, 6.07) is 15.6. The maximum absolute atomic E-state index is 11.8. The monoisotopic (exact) mass is 375 g/mol. The Balaban J connectivity index is 1.74. The zero-order chi connectivity index (χ0) is 16.7. The second-order valence-corrected chi connectivity index (χ2v) is 6.57. The number of para-hydroxylation sites is 1. The van der Waals surface area contributed by atoms with Crippen molar-refractivity contribution in [2.75, 3.05) is 11.9 Å². The van der Waals surface area contributed by atoms with Gasteiger partial charge < -0.3 is 10.1 Å². The number of ether oxygens (including phenoxy) is 1. The number of anilines is 1. The molecular weight excluding hydrogens is 354 g/mol. The molecule has 0 aromatic heterocycles. The molecule has 1 N–H and O–H groups in total. The minimum atomic E-state index is 0.00835. The van der Waals surface area contributed by atoms with E-state index in [1.807, 2.05) is 36.4 Å². The summed E-state index contributed by atoms with van der Waals surface area (Å²) in [7, 11) is 0. The molecule has 0 radical (unpaired) electrons. The summed E-state index contributed by atoms with van der Waals surface area (Å²) in [6.07, 6.45) is 1.12. The van der Waals surface area contributed by atoms with E-state index in [0.717, 1.165) is 15.9 Å². The molecule has 0 aliphatic heterocycles. The van der Waals surface area contributed by atoms with Crippen molar-refractivity contribution in [1.29, 1.82) is 0 Å². The molecule has 0 saturated carbocycles. The maximum Gasteiger partial charge on any atom is 0.224 e. The third-order valence-corrected chi connectivity index (χ3v) is 4.11. The van der Waals surface area contributed by atoms with Crippen molar-refractivity contribution in [3.05, 3.63) is 58.6 Å². The van der Waals surface area contributed by atoms with Crippen LogP contribution < -0.4 is 10.1 Å². The summed E-state index contributed by atoms with van der Waals surface area (Å²) in [6.45, 7) is 4.84. The molecule has 0 saturated heterocycles. The molecule has 122 valence electrons. The van der Waals surface area contributed by atoms with E-state index in [2.05, 4.69) is 47.2 Å². The number of carbonyl (C=O) groups excluding carboxylic acids is 1. The first-order valence-corrected chi connectivity index (χ1v) is 8.62. The van der Waals surface area contributed by atoms with Gasteiger partial charge in [0.05, 0.1) is 11.1 Å². The Hall–Kier alpha value is -1.81. The first-order valence-electron chi connectivity index (χ1n) is 7.83. The van der Waals surface area contributed by atoms with Gasteiger partial charge in [0.2, 0.25) is 5.91 Å². The zero-order valence-electron chi connectivity index (χ0n) is 13.5. The van der Waals surface area contributed by atoms with Gasteiger partial charge in [0.1, 0.15) is 5.75 Å². The Morgan fingerprint density at radius 3 is 2.57 bits per heavy atom. The molecule has 23 heavy (non-hydrogen) atoms. The second-order valence-electron chi connectivity index (χ2n) is 5.71. The van der Waals surface area contributed by atoms with Crippen LogP contribution in [0.3, 0.4) is 0 Å². The normalized spacial score (nSPS) is 10.6. The predicted molar refractivity (Wildman–Crippen MR) is 98.0 cm³/mol. The number of carbonyl (C=O) groups is 1. The van der Waals surface area contributed by atoms with Crippen LogP contribution in [0, 0.1) is 0 Å². The minimum Gasteiger partial charge on any atom is -0.492 e. The van der Waals surface area contributed by atoms with Crippen molar-refractivity contribution < 1.29 is 9.53 Å². The molecule has 0 fully saturated rings. The van der Waals surface area contributed by atoms with Crippen LogP contribution in [-0.2, 0) is 4.79 Å². The predicted octanol–water partition coefficient (Wildman–Crippen LogP) is 5.37. The Kier molecular flexibility index (Phi) is 6.66. The van der Waals surface area contributed by atoms with Crippen molar-refractivity contribution in [3.8, 4) is 5.75 Å². The van der Waals surface area contributed by atoms with Crippen LogP contribution in [0.25, 0.3) is 0 Å². The SMILES string of the molecule is CC(C)c1ccc(OCCCC(=O)Nc2ccccc2)c(Br)c1. The van der Waals surface area contributed by atoms with E-state index in [-0.39, 0.29) is 5.91 Å². The second kappa shape index (κ2) is 8.73. The number of hydrogen-bond acceptors (Lipinski definition) is 2. The van der Waals surface area contributed by atoms with Crippen LogP contribution in [0.4, 0.5) is 5.69 Å². The topological polar surface area (TPSA) is 38.3 Å². The van der Waals surface area contributed by atoms with Gasteiger partial charge in [0, 0.05) is 12.1 Å². The van der Waals surface area contributed by atoms with Gasteiger partial charge in [-0.1, -0.05) is 38.1 Å². The third-order valence-electron chi connectivity index (χ3n) is 3.49. The molecule has 4 heteroatoms. The summed E-state index contributed by atoms with van der Waals surface area (Å²) < 4.78 is 6.70. The smallest absolute Gasteiger partial charge is 0.224 e. The molecule has 3 nitrogen and oxygen atoms in total. The zero-order valence-corrected chi connectivity index (χ0v) is 15.1. The summed E-state index contributed by atoms with van der Waals surface area (Å²) in [4.78, 5) is 11.8. The van der Waals surface area contributed by atoms with Crippen molar-refractivity contribution in [2.45, 2.75) is 32.6 Å². The number of benzene rings is 2. The third kappa shape index (κ3) is 5.71. The van der Waals surface area contributed by atoms with E-state index in [9.17, 15) is 4.79 Å². The molecule has 0 atom stereocenters. The lowest BCUT2D eigenvalue weighted by molar-refractivity contribution is -0.116. The first-order chi connectivity index (χ1) is 11.1. The fourth-order valence-corrected chi connectivity index (χ4v) is 2.66. The maximum atomic E-state index is 11.8. The molecule has 0 unspecified atom stereocenters. The first kappa shape index (κ1) is 17.5. The van der Waals surface area contributed by atoms with Crippen molar-refractivity contribution in [3.63, 3.8) is 0 Å². The molecule has 2 aromatic rings. The van der Waals surface area contributed by atoms with Crippen molar-refractivity contribution in [2.24, 2.45) is 0 Å². The van der Waals surface area contributed by atoms with Crippen LogP contribution in [-0.4, -0.2) is 12.5 Å². The summed E-state index contributed by atoms with van der Waals surface area (Å²) in [5.41, 5.74) is 2.09. The highest BCUT2D eigenvalue weighted by molar-refractivity contribution is 9.10. The molecule has 0 bridgehead atoms. The molecule has 1 amide bonds. The van der Waals surface area contributed by atoms with Gasteiger partial charge in [-0.05, 0) is 58.1 Å². The van der Waals surface area contributed by atoms with Gasteiger partial charge in [0.25, 0.3) is 0 Å². The largest absolute Gasteiger partial charge is 0.492 e. The highest BCUT2D eigenvalue weighted by Crippen LogP contribution is 2.29. The average molecular weight is 376 g/mol. The number of hydrogen-bond donors (Lipinski definition) is 1. The van der Waals surface area contributed by atoms with Crippen LogP contribution in [0.5, 0.6) is 5.75 Å². The van der Waals surface area contributed by atoms with Crippen molar-refractivity contribution in [1.82, 2.24) is 0 Å². The molecule has 0 aliphatic rings. The summed E-state index contributed by atoms with van der Waals surface area (Å²) in [5, 5.41) is 2.87. The van der Waals surface area contributed by atoms with Gasteiger partial charge in [-0.15, -0.1) is 0 Å². The van der Waals surface area contributed by atoms with E-state index < -0.39 is 0 Å². The summed E-state index contributed by atoms with van der Waals surface area (Å²) >= 11 is 3.54. The fourth-order valence-electron chi connectivity index (χ4n) is 2.15. The fraction of sp³-hybridized carbons (Fsp3) is 0.316. The minimum absolute atomic E-state index is 0.00835. The van der Waals surface area contributed by atoms with Crippen LogP contribution in [0.2, 0.25) is 0 Å².